The van der Waals surface area contributed by atoms with Gasteiger partial charge in [-0.05, 0) is 68.3 Å². The van der Waals surface area contributed by atoms with Crippen molar-refractivity contribution in [3.05, 3.63) is 70.4 Å². The quantitative estimate of drug-likeness (QED) is 0.437. The lowest BCUT2D eigenvalue weighted by atomic mass is 9.95. The second-order valence-corrected chi connectivity index (χ2v) is 8.79. The van der Waals surface area contributed by atoms with Crippen LogP contribution < -0.4 is 15.5 Å². The summed E-state index contributed by atoms with van der Waals surface area (Å²) in [6.07, 6.45) is 5.46. The van der Waals surface area contributed by atoms with Gasteiger partial charge in [-0.2, -0.15) is 0 Å². The summed E-state index contributed by atoms with van der Waals surface area (Å²) in [6.45, 7) is 1.94. The van der Waals surface area contributed by atoms with E-state index < -0.39 is 17.8 Å². The maximum atomic E-state index is 13.0. The minimum absolute atomic E-state index is 0.0643. The highest BCUT2D eigenvalue weighted by Crippen LogP contribution is 2.30. The van der Waals surface area contributed by atoms with Crippen LogP contribution in [0.15, 0.2) is 59.3 Å². The Balaban J connectivity index is 1.43. The average molecular weight is 496 g/mol. The first-order valence-electron chi connectivity index (χ1n) is 11.6. The smallest absolute Gasteiger partial charge is 0.338 e. The van der Waals surface area contributed by atoms with Crippen LogP contribution in [0.5, 0.6) is 0 Å². The predicted molar refractivity (Wildman–Crippen MR) is 132 cm³/mol. The van der Waals surface area contributed by atoms with Gasteiger partial charge in [0.25, 0.3) is 17.7 Å². The summed E-state index contributed by atoms with van der Waals surface area (Å²) in [5.74, 6) is -1.92. The molecule has 1 fully saturated rings. The SMILES string of the molecule is CCOC(=O)c1ccc(N2C(=O)C(Cl)=C(Nc3ccc(C(=O)NC4CCCCC4)cc3)C2=O)cc1. The molecule has 1 aliphatic carbocycles. The third kappa shape index (κ3) is 5.38. The van der Waals surface area contributed by atoms with E-state index in [1.165, 1.54) is 30.7 Å². The fourth-order valence-electron chi connectivity index (χ4n) is 4.17. The summed E-state index contributed by atoms with van der Waals surface area (Å²) in [7, 11) is 0. The number of hydrogen-bond acceptors (Lipinski definition) is 6. The van der Waals surface area contributed by atoms with Gasteiger partial charge in [-0.25, -0.2) is 9.69 Å². The van der Waals surface area contributed by atoms with Crippen LogP contribution in [0.3, 0.4) is 0 Å². The molecule has 0 atom stereocenters. The summed E-state index contributed by atoms with van der Waals surface area (Å²) in [6, 6.07) is 12.7. The van der Waals surface area contributed by atoms with Gasteiger partial charge < -0.3 is 15.4 Å². The Morgan fingerprint density at radius 3 is 2.20 bits per heavy atom. The van der Waals surface area contributed by atoms with E-state index in [-0.39, 0.29) is 35.0 Å². The molecule has 0 saturated heterocycles. The van der Waals surface area contributed by atoms with Crippen LogP contribution in [0.25, 0.3) is 0 Å². The van der Waals surface area contributed by atoms with Crippen molar-refractivity contribution in [2.45, 2.75) is 45.1 Å². The third-order valence-corrected chi connectivity index (χ3v) is 6.37. The molecule has 0 bridgehead atoms. The highest BCUT2D eigenvalue weighted by atomic mass is 35.5. The fourth-order valence-corrected chi connectivity index (χ4v) is 4.38. The number of hydrogen-bond donors (Lipinski definition) is 2. The second kappa shape index (κ2) is 10.7. The topological polar surface area (TPSA) is 105 Å². The van der Waals surface area contributed by atoms with Crippen molar-refractivity contribution in [3.8, 4) is 0 Å². The fraction of sp³-hybridized carbons (Fsp3) is 0.308. The van der Waals surface area contributed by atoms with E-state index in [1.54, 1.807) is 31.2 Å². The largest absolute Gasteiger partial charge is 0.462 e. The second-order valence-electron chi connectivity index (χ2n) is 8.41. The predicted octanol–water partition coefficient (Wildman–Crippen LogP) is 4.36. The molecular formula is C26H26ClN3O5. The van der Waals surface area contributed by atoms with Crippen LogP contribution in [-0.2, 0) is 14.3 Å². The Hall–Kier alpha value is -3.65. The molecule has 2 aromatic carbocycles. The Bertz CT molecular complexity index is 1170. The number of amides is 3. The van der Waals surface area contributed by atoms with Gasteiger partial charge in [0, 0.05) is 17.3 Å². The number of benzene rings is 2. The number of carbonyl (C=O) groups excluding carboxylic acids is 4. The molecule has 4 rings (SSSR count). The van der Waals surface area contributed by atoms with Crippen LogP contribution >= 0.6 is 11.6 Å². The van der Waals surface area contributed by atoms with E-state index >= 15 is 0 Å². The van der Waals surface area contributed by atoms with E-state index in [0.717, 1.165) is 30.6 Å². The first kappa shape index (κ1) is 24.5. The van der Waals surface area contributed by atoms with Gasteiger partial charge in [-0.15, -0.1) is 0 Å². The lowest BCUT2D eigenvalue weighted by molar-refractivity contribution is -0.120. The molecule has 0 unspecified atom stereocenters. The molecule has 3 amide bonds. The molecule has 35 heavy (non-hydrogen) atoms. The number of halogens is 1. The molecule has 0 radical (unpaired) electrons. The first-order chi connectivity index (χ1) is 16.9. The number of ether oxygens (including phenoxy) is 1. The summed E-state index contributed by atoms with van der Waals surface area (Å²) >= 11 is 6.20. The molecule has 2 aliphatic rings. The maximum absolute atomic E-state index is 13.0. The molecule has 0 spiro atoms. The average Bonchev–Trinajstić information content (AvgIpc) is 3.08. The zero-order valence-corrected chi connectivity index (χ0v) is 20.1. The van der Waals surface area contributed by atoms with Crippen molar-refractivity contribution >= 4 is 46.7 Å². The number of rotatable bonds is 7. The lowest BCUT2D eigenvalue weighted by Crippen LogP contribution is -2.36. The van der Waals surface area contributed by atoms with E-state index in [1.807, 2.05) is 0 Å². The first-order valence-corrected chi connectivity index (χ1v) is 12.0. The van der Waals surface area contributed by atoms with Crippen LogP contribution in [0.2, 0.25) is 0 Å². The molecule has 8 nitrogen and oxygen atoms in total. The van der Waals surface area contributed by atoms with Gasteiger partial charge in [-0.1, -0.05) is 30.9 Å². The van der Waals surface area contributed by atoms with Crippen molar-refractivity contribution in [1.29, 1.82) is 0 Å². The summed E-state index contributed by atoms with van der Waals surface area (Å²) in [5, 5.41) is 5.71. The van der Waals surface area contributed by atoms with Gasteiger partial charge in [0.05, 0.1) is 17.9 Å². The molecule has 0 aromatic heterocycles. The maximum Gasteiger partial charge on any atom is 0.338 e. The zero-order chi connectivity index (χ0) is 24.9. The molecule has 2 aromatic rings. The molecule has 9 heteroatoms. The summed E-state index contributed by atoms with van der Waals surface area (Å²) in [4.78, 5) is 51.0. The number of nitrogens with one attached hydrogen (secondary N) is 2. The van der Waals surface area contributed by atoms with E-state index in [4.69, 9.17) is 16.3 Å². The highest BCUT2D eigenvalue weighted by Gasteiger charge is 2.39. The van der Waals surface area contributed by atoms with Crippen molar-refractivity contribution in [2.75, 3.05) is 16.8 Å². The minimum atomic E-state index is -0.675. The standard InChI is InChI=1S/C26H26ClN3O5/c1-2-35-26(34)17-10-14-20(15-11-17)30-24(32)21(27)22(25(30)33)28-19-12-8-16(9-13-19)23(31)29-18-6-4-3-5-7-18/h8-15,18,28H,2-7H2,1H3,(H,29,31). The lowest BCUT2D eigenvalue weighted by Gasteiger charge is -2.22. The van der Waals surface area contributed by atoms with E-state index in [9.17, 15) is 19.2 Å². The van der Waals surface area contributed by atoms with Crippen LogP contribution in [0, 0.1) is 0 Å². The number of nitrogens with zero attached hydrogens (tertiary/aromatic N) is 1. The number of esters is 1. The van der Waals surface area contributed by atoms with Gasteiger partial charge in [-0.3, -0.25) is 14.4 Å². The summed E-state index contributed by atoms with van der Waals surface area (Å²) < 4.78 is 4.95. The van der Waals surface area contributed by atoms with Crippen molar-refractivity contribution in [3.63, 3.8) is 0 Å². The molecule has 1 saturated carbocycles. The Morgan fingerprint density at radius 1 is 0.943 bits per heavy atom. The van der Waals surface area contributed by atoms with E-state index in [0.29, 0.717) is 16.8 Å². The van der Waals surface area contributed by atoms with Gasteiger partial charge in [0.2, 0.25) is 0 Å². The minimum Gasteiger partial charge on any atom is -0.462 e. The van der Waals surface area contributed by atoms with Crippen molar-refractivity contribution in [2.24, 2.45) is 0 Å². The third-order valence-electron chi connectivity index (χ3n) is 6.02. The van der Waals surface area contributed by atoms with E-state index in [2.05, 4.69) is 10.6 Å². The molecule has 1 heterocycles. The number of carbonyl (C=O) groups is 4. The van der Waals surface area contributed by atoms with Gasteiger partial charge in [0.1, 0.15) is 10.7 Å². The van der Waals surface area contributed by atoms with Gasteiger partial charge >= 0.3 is 5.97 Å². The summed E-state index contributed by atoms with van der Waals surface area (Å²) in [5.41, 5.74) is 1.54. The van der Waals surface area contributed by atoms with Gasteiger partial charge in [0.15, 0.2) is 0 Å². The highest BCUT2D eigenvalue weighted by molar-refractivity contribution is 6.53. The number of imide groups is 1. The number of anilines is 2. The van der Waals surface area contributed by atoms with Crippen molar-refractivity contribution in [1.82, 2.24) is 5.32 Å². The normalized spacial score (nSPS) is 16.5. The van der Waals surface area contributed by atoms with Crippen LogP contribution in [-0.4, -0.2) is 36.3 Å². The van der Waals surface area contributed by atoms with Crippen LogP contribution in [0.1, 0.15) is 59.7 Å². The Labute approximate surface area is 208 Å². The zero-order valence-electron chi connectivity index (χ0n) is 19.3. The monoisotopic (exact) mass is 495 g/mol. The van der Waals surface area contributed by atoms with Crippen molar-refractivity contribution < 1.29 is 23.9 Å². The molecule has 182 valence electrons. The van der Waals surface area contributed by atoms with Crippen LogP contribution in [0.4, 0.5) is 11.4 Å². The molecular weight excluding hydrogens is 470 g/mol. The Kier molecular flexibility index (Phi) is 7.51. The molecule has 2 N–H and O–H groups in total. The molecule has 1 aliphatic heterocycles. The Morgan fingerprint density at radius 2 is 1.57 bits per heavy atom.